The second-order valence-corrected chi connectivity index (χ2v) is 11.6. The Balaban J connectivity index is 2.25. The van der Waals surface area contributed by atoms with E-state index in [0.717, 1.165) is 5.56 Å². The third-order valence-corrected chi connectivity index (χ3v) is 8.81. The molecule has 24 heavy (non-hydrogen) atoms. The fraction of sp³-hybridized carbons (Fsp3) is 0.300. The van der Waals surface area contributed by atoms with Crippen molar-refractivity contribution in [3.8, 4) is 0 Å². The fourth-order valence-electron chi connectivity index (χ4n) is 2.20. The molecule has 128 valence electrons. The maximum absolute atomic E-state index is 12.9. The van der Waals surface area contributed by atoms with Gasteiger partial charge in [0.2, 0.25) is 0 Å². The van der Waals surface area contributed by atoms with Crippen molar-refractivity contribution in [2.24, 2.45) is 0 Å². The van der Waals surface area contributed by atoms with Gasteiger partial charge in [0.1, 0.15) is 0 Å². The van der Waals surface area contributed by atoms with E-state index >= 15 is 0 Å². The Labute approximate surface area is 153 Å². The summed E-state index contributed by atoms with van der Waals surface area (Å²) in [6.07, 6.45) is 0. The standard InChI is InChI=1S/C20H24O2SSe/c1-15-11-13-17(14-12-15)23(22)16(2)20(5,21)19(3,4)24-18-9-7-6-8-10-18/h6-14,21H,2H2,1,3-5H3. The first-order valence-electron chi connectivity index (χ1n) is 7.79. The maximum atomic E-state index is 12.9. The van der Waals surface area contributed by atoms with Crippen LogP contribution in [0.15, 0.2) is 71.0 Å². The summed E-state index contributed by atoms with van der Waals surface area (Å²) in [6, 6.07) is 17.6. The van der Waals surface area contributed by atoms with Gasteiger partial charge < -0.3 is 0 Å². The first-order valence-corrected chi connectivity index (χ1v) is 10.7. The van der Waals surface area contributed by atoms with E-state index in [2.05, 4.69) is 18.7 Å². The zero-order valence-electron chi connectivity index (χ0n) is 14.6. The van der Waals surface area contributed by atoms with Crippen LogP contribution in [-0.2, 0) is 10.8 Å². The van der Waals surface area contributed by atoms with E-state index in [1.165, 1.54) is 4.46 Å². The van der Waals surface area contributed by atoms with Crippen LogP contribution in [0.4, 0.5) is 0 Å². The minimum atomic E-state index is -1.44. The third-order valence-electron chi connectivity index (χ3n) is 4.29. The van der Waals surface area contributed by atoms with Crippen molar-refractivity contribution in [3.63, 3.8) is 0 Å². The molecule has 0 aliphatic rings. The van der Waals surface area contributed by atoms with Gasteiger partial charge >= 0.3 is 154 Å². The second-order valence-electron chi connectivity index (χ2n) is 6.50. The van der Waals surface area contributed by atoms with Gasteiger partial charge in [-0.2, -0.15) is 0 Å². The molecule has 0 amide bonds. The van der Waals surface area contributed by atoms with Crippen LogP contribution in [-0.4, -0.2) is 29.9 Å². The average molecular weight is 407 g/mol. The van der Waals surface area contributed by atoms with Crippen molar-refractivity contribution in [2.75, 3.05) is 0 Å². The molecule has 0 radical (unpaired) electrons. The molecular weight excluding hydrogens is 383 g/mol. The van der Waals surface area contributed by atoms with Crippen LogP contribution in [0.25, 0.3) is 0 Å². The Kier molecular flexibility index (Phi) is 5.87. The minimum absolute atomic E-state index is 0.0121. The van der Waals surface area contributed by atoms with Gasteiger partial charge in [0.25, 0.3) is 0 Å². The molecule has 0 saturated carbocycles. The molecule has 0 bridgehead atoms. The van der Waals surface area contributed by atoms with Gasteiger partial charge in [0.15, 0.2) is 0 Å². The van der Waals surface area contributed by atoms with Gasteiger partial charge in [0.05, 0.1) is 0 Å². The van der Waals surface area contributed by atoms with Gasteiger partial charge in [-0.15, -0.1) is 0 Å². The topological polar surface area (TPSA) is 37.3 Å². The summed E-state index contributed by atoms with van der Waals surface area (Å²) in [5, 5.41) is 11.2. The zero-order chi connectivity index (χ0) is 18.0. The summed E-state index contributed by atoms with van der Waals surface area (Å²) in [4.78, 5) is 1.03. The van der Waals surface area contributed by atoms with E-state index < -0.39 is 20.7 Å². The van der Waals surface area contributed by atoms with Crippen molar-refractivity contribution in [2.45, 2.75) is 42.5 Å². The monoisotopic (exact) mass is 408 g/mol. The predicted molar refractivity (Wildman–Crippen MR) is 103 cm³/mol. The molecule has 2 rings (SSSR count). The molecule has 1 N–H and O–H groups in total. The van der Waals surface area contributed by atoms with Crippen molar-refractivity contribution in [1.29, 1.82) is 0 Å². The van der Waals surface area contributed by atoms with Gasteiger partial charge in [0, 0.05) is 0 Å². The Morgan fingerprint density at radius 1 is 1.04 bits per heavy atom. The summed E-state index contributed by atoms with van der Waals surface area (Å²) in [7, 11) is -1.44. The summed E-state index contributed by atoms with van der Waals surface area (Å²) in [5.74, 6) is 0. The quantitative estimate of drug-likeness (QED) is 0.743. The second kappa shape index (κ2) is 7.36. The molecule has 0 aromatic heterocycles. The van der Waals surface area contributed by atoms with Crippen molar-refractivity contribution < 1.29 is 9.32 Å². The van der Waals surface area contributed by atoms with E-state index in [4.69, 9.17) is 0 Å². The van der Waals surface area contributed by atoms with E-state index in [1.54, 1.807) is 6.92 Å². The Hall–Kier alpha value is -1.19. The molecule has 2 atom stereocenters. The molecule has 2 nitrogen and oxygen atoms in total. The van der Waals surface area contributed by atoms with Gasteiger partial charge in [-0.05, 0) is 0 Å². The van der Waals surface area contributed by atoms with Crippen molar-refractivity contribution in [1.82, 2.24) is 0 Å². The van der Waals surface area contributed by atoms with Gasteiger partial charge in [-0.3, -0.25) is 0 Å². The molecule has 2 unspecified atom stereocenters. The van der Waals surface area contributed by atoms with Crippen LogP contribution >= 0.6 is 0 Å². The molecule has 0 aliphatic carbocycles. The molecular formula is C20H24O2SSe. The van der Waals surface area contributed by atoms with Crippen LogP contribution in [0.3, 0.4) is 0 Å². The third kappa shape index (κ3) is 4.07. The average Bonchev–Trinajstić information content (AvgIpc) is 2.54. The van der Waals surface area contributed by atoms with Crippen LogP contribution in [0, 0.1) is 6.92 Å². The first kappa shape index (κ1) is 19.1. The van der Waals surface area contributed by atoms with Crippen molar-refractivity contribution in [3.05, 3.63) is 71.6 Å². The summed E-state index contributed by atoms with van der Waals surface area (Å²) >= 11 is 0.0121. The summed E-state index contributed by atoms with van der Waals surface area (Å²) < 4.78 is 13.6. The number of aliphatic hydroxyl groups is 1. The molecule has 0 aliphatic heterocycles. The van der Waals surface area contributed by atoms with Crippen molar-refractivity contribution >= 4 is 30.2 Å². The first-order chi connectivity index (χ1) is 11.1. The SMILES string of the molecule is C=C(S(=O)c1ccc(C)cc1)C(C)(O)C(C)(C)[Se]c1ccccc1. The normalized spacial score (nSPS) is 15.5. The number of rotatable bonds is 6. The number of hydrogen-bond donors (Lipinski definition) is 1. The molecule has 0 fully saturated rings. The molecule has 0 saturated heterocycles. The zero-order valence-corrected chi connectivity index (χ0v) is 17.1. The number of aryl methyl sites for hydroxylation is 1. The van der Waals surface area contributed by atoms with Crippen LogP contribution in [0.5, 0.6) is 0 Å². The predicted octanol–water partition coefficient (Wildman–Crippen LogP) is 3.60. The summed E-state index contributed by atoms with van der Waals surface area (Å²) in [5.41, 5.74) is -0.126. The van der Waals surface area contributed by atoms with Crippen LogP contribution < -0.4 is 4.46 Å². The summed E-state index contributed by atoms with van der Waals surface area (Å²) in [6.45, 7) is 11.7. The van der Waals surface area contributed by atoms with Gasteiger partial charge in [-0.25, -0.2) is 0 Å². The van der Waals surface area contributed by atoms with Gasteiger partial charge in [-0.1, -0.05) is 0 Å². The molecule has 2 aromatic rings. The number of hydrogen-bond acceptors (Lipinski definition) is 2. The fourth-order valence-corrected chi connectivity index (χ4v) is 6.16. The van der Waals surface area contributed by atoms with Crippen LogP contribution in [0.1, 0.15) is 26.3 Å². The molecule has 0 spiro atoms. The van der Waals surface area contributed by atoms with E-state index in [1.807, 2.05) is 63.2 Å². The van der Waals surface area contributed by atoms with Crippen LogP contribution in [0.2, 0.25) is 4.31 Å². The Morgan fingerprint density at radius 3 is 2.12 bits per heavy atom. The van der Waals surface area contributed by atoms with E-state index in [0.29, 0.717) is 9.80 Å². The van der Waals surface area contributed by atoms with E-state index in [9.17, 15) is 9.32 Å². The molecule has 2 aromatic carbocycles. The molecule has 0 heterocycles. The number of benzene rings is 2. The Morgan fingerprint density at radius 2 is 1.58 bits per heavy atom. The van der Waals surface area contributed by atoms with E-state index in [-0.39, 0.29) is 15.0 Å². The molecule has 4 heteroatoms. The Bertz CT molecular complexity index is 734.